The second kappa shape index (κ2) is 6.86. The maximum absolute atomic E-state index is 13.2. The molecule has 0 aliphatic carbocycles. The number of hydrogen-bond donors (Lipinski definition) is 1. The van der Waals surface area contributed by atoms with Crippen molar-refractivity contribution in [3.63, 3.8) is 0 Å². The highest BCUT2D eigenvalue weighted by Crippen LogP contribution is 2.28. The molecule has 0 aromatic heterocycles. The standard InChI is InChI=1S/C19H24FN/c1-15(21-14-16-8-7-11-18(20)12-16)13-19(2,3)17-9-5-4-6-10-17/h4-12,15,21H,13-14H2,1-3H3. The molecule has 0 aliphatic heterocycles. The van der Waals surface area contributed by atoms with Crippen molar-refractivity contribution in [3.05, 3.63) is 71.5 Å². The molecule has 1 nitrogen and oxygen atoms in total. The number of rotatable bonds is 6. The van der Waals surface area contributed by atoms with E-state index in [1.807, 2.05) is 12.1 Å². The third kappa shape index (κ3) is 4.68. The van der Waals surface area contributed by atoms with Crippen molar-refractivity contribution in [2.45, 2.75) is 45.2 Å². The van der Waals surface area contributed by atoms with Crippen molar-refractivity contribution in [1.82, 2.24) is 5.32 Å². The smallest absolute Gasteiger partial charge is 0.123 e. The summed E-state index contributed by atoms with van der Waals surface area (Å²) in [6.45, 7) is 7.42. The van der Waals surface area contributed by atoms with E-state index in [1.54, 1.807) is 12.1 Å². The number of benzene rings is 2. The van der Waals surface area contributed by atoms with Gasteiger partial charge in [-0.3, -0.25) is 0 Å². The van der Waals surface area contributed by atoms with E-state index in [1.165, 1.54) is 11.6 Å². The van der Waals surface area contributed by atoms with Crippen molar-refractivity contribution in [3.8, 4) is 0 Å². The van der Waals surface area contributed by atoms with E-state index in [-0.39, 0.29) is 11.2 Å². The molecular weight excluding hydrogens is 261 g/mol. The third-order valence-corrected chi connectivity index (χ3v) is 3.92. The molecule has 2 aromatic carbocycles. The monoisotopic (exact) mass is 285 g/mol. The van der Waals surface area contributed by atoms with Crippen molar-refractivity contribution in [2.24, 2.45) is 0 Å². The fourth-order valence-corrected chi connectivity index (χ4v) is 2.78. The normalized spacial score (nSPS) is 13.1. The van der Waals surface area contributed by atoms with Crippen LogP contribution in [0.25, 0.3) is 0 Å². The van der Waals surface area contributed by atoms with E-state index >= 15 is 0 Å². The van der Waals surface area contributed by atoms with Gasteiger partial charge >= 0.3 is 0 Å². The zero-order valence-electron chi connectivity index (χ0n) is 13.1. The molecule has 112 valence electrons. The summed E-state index contributed by atoms with van der Waals surface area (Å²) in [5.74, 6) is -0.174. The maximum Gasteiger partial charge on any atom is 0.123 e. The van der Waals surface area contributed by atoms with Gasteiger partial charge < -0.3 is 5.32 Å². The molecule has 1 unspecified atom stereocenters. The Bertz CT molecular complexity index is 563. The molecule has 21 heavy (non-hydrogen) atoms. The topological polar surface area (TPSA) is 12.0 Å². The Balaban J connectivity index is 1.91. The van der Waals surface area contributed by atoms with Crippen LogP contribution in [0.4, 0.5) is 4.39 Å². The van der Waals surface area contributed by atoms with E-state index in [9.17, 15) is 4.39 Å². The van der Waals surface area contributed by atoms with Crippen LogP contribution in [0.15, 0.2) is 54.6 Å². The van der Waals surface area contributed by atoms with Gasteiger partial charge in [0.05, 0.1) is 0 Å². The van der Waals surface area contributed by atoms with Gasteiger partial charge in [0, 0.05) is 12.6 Å². The summed E-state index contributed by atoms with van der Waals surface area (Å²) in [5.41, 5.74) is 2.46. The lowest BCUT2D eigenvalue weighted by Gasteiger charge is -2.29. The predicted octanol–water partition coefficient (Wildman–Crippen LogP) is 4.67. The van der Waals surface area contributed by atoms with Gasteiger partial charge in [-0.2, -0.15) is 0 Å². The number of halogens is 1. The van der Waals surface area contributed by atoms with Crippen LogP contribution >= 0.6 is 0 Å². The van der Waals surface area contributed by atoms with Crippen LogP contribution in [0.1, 0.15) is 38.3 Å². The Morgan fingerprint density at radius 2 is 1.76 bits per heavy atom. The Morgan fingerprint density at radius 3 is 2.43 bits per heavy atom. The minimum absolute atomic E-state index is 0.121. The highest BCUT2D eigenvalue weighted by atomic mass is 19.1. The van der Waals surface area contributed by atoms with Crippen LogP contribution in [-0.2, 0) is 12.0 Å². The van der Waals surface area contributed by atoms with Gasteiger partial charge in [0.15, 0.2) is 0 Å². The lowest BCUT2D eigenvalue weighted by atomic mass is 9.79. The summed E-state index contributed by atoms with van der Waals surface area (Å²) in [4.78, 5) is 0. The highest BCUT2D eigenvalue weighted by molar-refractivity contribution is 5.23. The SMILES string of the molecule is CC(CC(C)(C)c1ccccc1)NCc1cccc(F)c1. The van der Waals surface area contributed by atoms with E-state index in [4.69, 9.17) is 0 Å². The molecule has 2 heteroatoms. The molecule has 0 bridgehead atoms. The Hall–Kier alpha value is -1.67. The van der Waals surface area contributed by atoms with Gasteiger partial charge in [0.25, 0.3) is 0 Å². The summed E-state index contributed by atoms with van der Waals surface area (Å²) in [6, 6.07) is 17.7. The predicted molar refractivity (Wildman–Crippen MR) is 86.8 cm³/mol. The highest BCUT2D eigenvalue weighted by Gasteiger charge is 2.22. The van der Waals surface area contributed by atoms with Crippen LogP contribution < -0.4 is 5.32 Å². The number of hydrogen-bond acceptors (Lipinski definition) is 1. The summed E-state index contributed by atoms with van der Waals surface area (Å²) in [6.07, 6.45) is 1.03. The maximum atomic E-state index is 13.2. The lowest BCUT2D eigenvalue weighted by Crippen LogP contribution is -2.32. The molecule has 0 fully saturated rings. The molecule has 0 heterocycles. The van der Waals surface area contributed by atoms with Crippen molar-refractivity contribution in [1.29, 1.82) is 0 Å². The molecule has 2 rings (SSSR count). The first-order valence-corrected chi connectivity index (χ1v) is 7.51. The average molecular weight is 285 g/mol. The van der Waals surface area contributed by atoms with Gasteiger partial charge in [-0.15, -0.1) is 0 Å². The molecule has 0 saturated heterocycles. The zero-order chi connectivity index (χ0) is 15.3. The van der Waals surface area contributed by atoms with E-state index in [0.29, 0.717) is 12.6 Å². The summed E-state index contributed by atoms with van der Waals surface area (Å²) < 4.78 is 13.2. The Labute approximate surface area is 127 Å². The van der Waals surface area contributed by atoms with Gasteiger partial charge in [-0.25, -0.2) is 4.39 Å². The third-order valence-electron chi connectivity index (χ3n) is 3.92. The second-order valence-corrected chi connectivity index (χ2v) is 6.37. The van der Waals surface area contributed by atoms with Crippen molar-refractivity contribution < 1.29 is 4.39 Å². The Morgan fingerprint density at radius 1 is 1.05 bits per heavy atom. The summed E-state index contributed by atoms with van der Waals surface area (Å²) in [5, 5.41) is 3.49. The second-order valence-electron chi connectivity index (χ2n) is 6.37. The Kier molecular flexibility index (Phi) is 5.13. The summed E-state index contributed by atoms with van der Waals surface area (Å²) in [7, 11) is 0. The van der Waals surface area contributed by atoms with E-state index in [2.05, 4.69) is 50.4 Å². The van der Waals surface area contributed by atoms with E-state index < -0.39 is 0 Å². The van der Waals surface area contributed by atoms with Gasteiger partial charge in [0.2, 0.25) is 0 Å². The van der Waals surface area contributed by atoms with Gasteiger partial charge in [-0.1, -0.05) is 56.3 Å². The first-order chi connectivity index (χ1) is 9.97. The average Bonchev–Trinajstić information content (AvgIpc) is 2.46. The molecule has 0 amide bonds. The van der Waals surface area contributed by atoms with E-state index in [0.717, 1.165) is 12.0 Å². The quantitative estimate of drug-likeness (QED) is 0.813. The molecule has 0 spiro atoms. The first kappa shape index (κ1) is 15.7. The molecule has 1 atom stereocenters. The molecule has 2 aromatic rings. The molecule has 0 aliphatic rings. The fourth-order valence-electron chi connectivity index (χ4n) is 2.78. The molecule has 0 saturated carbocycles. The molecular formula is C19H24FN. The zero-order valence-corrected chi connectivity index (χ0v) is 13.1. The van der Waals surface area contributed by atoms with Gasteiger partial charge in [0.1, 0.15) is 5.82 Å². The van der Waals surface area contributed by atoms with Gasteiger partial charge in [-0.05, 0) is 42.0 Å². The van der Waals surface area contributed by atoms with Crippen LogP contribution in [0, 0.1) is 5.82 Å². The van der Waals surface area contributed by atoms with Crippen molar-refractivity contribution >= 4 is 0 Å². The lowest BCUT2D eigenvalue weighted by molar-refractivity contribution is 0.388. The van der Waals surface area contributed by atoms with Crippen LogP contribution in [0.2, 0.25) is 0 Å². The van der Waals surface area contributed by atoms with Crippen LogP contribution in [-0.4, -0.2) is 6.04 Å². The van der Waals surface area contributed by atoms with Crippen LogP contribution in [0.5, 0.6) is 0 Å². The molecule has 0 radical (unpaired) electrons. The number of nitrogens with one attached hydrogen (secondary N) is 1. The van der Waals surface area contributed by atoms with Crippen molar-refractivity contribution in [2.75, 3.05) is 0 Å². The first-order valence-electron chi connectivity index (χ1n) is 7.51. The largest absolute Gasteiger partial charge is 0.310 e. The summed E-state index contributed by atoms with van der Waals surface area (Å²) >= 11 is 0. The molecule has 1 N–H and O–H groups in total. The minimum Gasteiger partial charge on any atom is -0.310 e. The minimum atomic E-state index is -0.174. The fraction of sp³-hybridized carbons (Fsp3) is 0.368. The van der Waals surface area contributed by atoms with Crippen LogP contribution in [0.3, 0.4) is 0 Å².